The van der Waals surface area contributed by atoms with E-state index in [1.807, 2.05) is 68.5 Å². The third-order valence-electron chi connectivity index (χ3n) is 11.8. The number of hydrogen-bond acceptors (Lipinski definition) is 14. The summed E-state index contributed by atoms with van der Waals surface area (Å²) in [4.78, 5) is 97.8. The van der Waals surface area contributed by atoms with E-state index >= 15 is 0 Å². The molecule has 22 heteroatoms. The van der Waals surface area contributed by atoms with E-state index in [0.717, 1.165) is 49.8 Å². The third-order valence-corrected chi connectivity index (χ3v) is 11.8. The van der Waals surface area contributed by atoms with Crippen LogP contribution >= 0.6 is 0 Å². The first-order valence-corrected chi connectivity index (χ1v) is 21.6. The number of aryl methyl sites for hydroxylation is 3. The van der Waals surface area contributed by atoms with Crippen molar-refractivity contribution in [2.75, 3.05) is 0 Å². The monoisotopic (exact) mass is 1460 g/mol. The number of carboxylic acid groups (broad SMARTS) is 2. The van der Waals surface area contributed by atoms with Gasteiger partial charge in [-0.15, -0.1) is 42.4 Å². The summed E-state index contributed by atoms with van der Waals surface area (Å²) in [6, 6.07) is 27.6. The number of aliphatic carboxylic acids is 2. The molecular formula is C52H50O16Y6-6. The molecule has 4 bridgehead atoms. The quantitative estimate of drug-likeness (QED) is 0.0825. The van der Waals surface area contributed by atoms with Crippen molar-refractivity contribution in [2.24, 2.45) is 29.6 Å². The molecule has 6 unspecified atom stereocenters. The van der Waals surface area contributed by atoms with Crippen LogP contribution < -0.4 is 0 Å². The zero-order valence-corrected chi connectivity index (χ0v) is 59.0. The Morgan fingerprint density at radius 2 is 1.26 bits per heavy atom. The first kappa shape index (κ1) is 75.5. The molecule has 6 atom stereocenters. The minimum absolute atomic E-state index is 0. The second-order valence-electron chi connectivity index (χ2n) is 16.9. The van der Waals surface area contributed by atoms with Gasteiger partial charge >= 0.3 is 5.97 Å². The van der Waals surface area contributed by atoms with Crippen molar-refractivity contribution in [3.8, 4) is 0 Å². The van der Waals surface area contributed by atoms with E-state index in [0.29, 0.717) is 29.2 Å². The van der Waals surface area contributed by atoms with Crippen molar-refractivity contribution < 1.29 is 273 Å². The summed E-state index contributed by atoms with van der Waals surface area (Å²) in [7, 11) is 0. The maximum atomic E-state index is 11.3. The molecule has 11 rings (SSSR count). The summed E-state index contributed by atoms with van der Waals surface area (Å²) < 4.78 is 23.9. The Kier molecular flexibility index (Phi) is 35.9. The van der Waals surface area contributed by atoms with Gasteiger partial charge in [-0.2, -0.15) is 90.7 Å². The van der Waals surface area contributed by atoms with Crippen LogP contribution in [0.2, 0.25) is 0 Å². The molecule has 2 aliphatic carbocycles. The van der Waals surface area contributed by atoms with Crippen LogP contribution in [0.3, 0.4) is 0 Å². The number of benzene rings is 3. The SMILES string of the molecule is CC(=O)O.CC12CC[C-](O1)C1C(=O)OC(=O)C12.CC1=CC[C-]2OC(=O)C1C2C(=O)O.CC1CC[CH-]C2=C1C(=O)OC2=O.Cc1cc[c-]c2c1C(=O)OC2=O.Cc1cc[c-]cc1.Cc1cc[c-]cc1.[Y].[Y].[Y].[Y].[Y].[Y]. The molecule has 74 heavy (non-hydrogen) atoms. The molecule has 3 aromatic carbocycles. The largest absolute Gasteiger partial charge is 0.632 e. The van der Waals surface area contributed by atoms with Crippen LogP contribution in [-0.4, -0.2) is 69.5 Å². The standard InChI is InChI=1S/2C9H9O4.C9H9O3.C9H5O3.2C7H7.C2H4O2.6Y/c1-9-3-2-4(13-9)5-6(9)8(11)12-7(5)10;1-4-2-3-5-7(8(10)11)6(4)9(12)13-5;2*1-5-3-2-4-6-7(5)9(11)12-8(6)10;2*1-7-5-3-2-4-6-7;1-2(3)4;;;;;;/h5-6H,2-3H2,1H3;2,6-7H,3H2,1H3,(H,10,11);4-5H,2-3H2,1H3;2-3H,1H3;2*3-6H,1H3;1H3,(H,3,4);;;;;;/q6*-1;;;;;;;. The number of cyclic esters (lactones) is 6. The molecule has 0 saturated carbocycles. The maximum absolute atomic E-state index is 11.3. The van der Waals surface area contributed by atoms with Crippen LogP contribution in [0.15, 0.2) is 83.5 Å². The minimum Gasteiger partial charge on any atom is -0.632 e. The molecule has 4 saturated heterocycles. The molecule has 8 aliphatic rings. The first-order valence-electron chi connectivity index (χ1n) is 21.6. The van der Waals surface area contributed by atoms with Crippen molar-refractivity contribution in [1.82, 2.24) is 0 Å². The number of esters is 7. The number of ether oxygens (including phenoxy) is 5. The zero-order chi connectivity index (χ0) is 50.0. The number of carboxylic acids is 2. The van der Waals surface area contributed by atoms with Gasteiger partial charge in [0.1, 0.15) is 0 Å². The van der Waals surface area contributed by atoms with E-state index in [-0.39, 0.29) is 214 Å². The van der Waals surface area contributed by atoms with Crippen LogP contribution in [0.5, 0.6) is 0 Å². The van der Waals surface area contributed by atoms with Crippen molar-refractivity contribution in [3.63, 3.8) is 0 Å². The predicted octanol–water partition coefficient (Wildman–Crippen LogP) is 6.93. The number of carbonyl (C=O) groups excluding carboxylic acids is 7. The molecule has 16 nitrogen and oxygen atoms in total. The zero-order valence-electron chi connectivity index (χ0n) is 41.9. The number of fused-ring (bicyclic) bond motifs is 8. The Morgan fingerprint density at radius 3 is 1.72 bits per heavy atom. The van der Waals surface area contributed by atoms with Crippen molar-refractivity contribution >= 4 is 53.7 Å². The first-order chi connectivity index (χ1) is 32.1. The summed E-state index contributed by atoms with van der Waals surface area (Å²) in [5, 5.41) is 16.3. The molecule has 0 spiro atoms. The van der Waals surface area contributed by atoms with Gasteiger partial charge < -0.3 is 43.5 Å². The molecule has 6 aliphatic heterocycles. The summed E-state index contributed by atoms with van der Waals surface area (Å²) in [6.07, 6.45) is 8.64. The van der Waals surface area contributed by atoms with Gasteiger partial charge in [-0.05, 0) is 31.2 Å². The van der Waals surface area contributed by atoms with Gasteiger partial charge in [0, 0.05) is 209 Å². The van der Waals surface area contributed by atoms with Gasteiger partial charge in [-0.25, -0.2) is 0 Å². The topological polar surface area (TPSA) is 240 Å². The summed E-state index contributed by atoms with van der Waals surface area (Å²) in [6.45, 7) is 12.6. The fourth-order valence-electron chi connectivity index (χ4n) is 8.34. The van der Waals surface area contributed by atoms with Crippen LogP contribution in [0, 0.1) is 87.2 Å². The van der Waals surface area contributed by atoms with Crippen molar-refractivity contribution in [1.29, 1.82) is 0 Å². The smallest absolute Gasteiger partial charge is 0.317 e. The number of carbonyl (C=O) groups is 9. The Hall–Kier alpha value is -0.577. The Bertz CT molecular complexity index is 2490. The van der Waals surface area contributed by atoms with Crippen LogP contribution in [0.1, 0.15) is 97.2 Å². The van der Waals surface area contributed by atoms with E-state index in [1.165, 1.54) is 11.1 Å². The van der Waals surface area contributed by atoms with E-state index in [4.69, 9.17) is 24.5 Å². The normalized spacial score (nSPS) is 23.1. The molecule has 0 amide bonds. The van der Waals surface area contributed by atoms with Crippen molar-refractivity contribution in [2.45, 2.75) is 86.2 Å². The number of hydrogen-bond donors (Lipinski definition) is 2. The molecule has 6 radical (unpaired) electrons. The summed E-state index contributed by atoms with van der Waals surface area (Å²) in [5.74, 6) is -7.08. The molecule has 378 valence electrons. The van der Waals surface area contributed by atoms with Gasteiger partial charge in [0.25, 0.3) is 41.8 Å². The van der Waals surface area contributed by atoms with Gasteiger partial charge in [0.05, 0.1) is 11.8 Å². The second-order valence-corrected chi connectivity index (χ2v) is 16.9. The number of rotatable bonds is 1. The van der Waals surface area contributed by atoms with Gasteiger partial charge in [0.2, 0.25) is 5.97 Å². The van der Waals surface area contributed by atoms with Crippen LogP contribution in [0.25, 0.3) is 0 Å². The second kappa shape index (κ2) is 35.2. The van der Waals surface area contributed by atoms with E-state index in [1.54, 1.807) is 32.4 Å². The maximum Gasteiger partial charge on any atom is 0.317 e. The molecule has 3 aromatic rings. The van der Waals surface area contributed by atoms with Crippen molar-refractivity contribution in [3.05, 3.63) is 148 Å². The molecule has 6 heterocycles. The minimum atomic E-state index is -0.974. The fraction of sp³-hybridized carbons (Fsp3) is 0.346. The third kappa shape index (κ3) is 19.9. The average molecular weight is 1460 g/mol. The van der Waals surface area contributed by atoms with Crippen LogP contribution in [0.4, 0.5) is 0 Å². The van der Waals surface area contributed by atoms with Crippen LogP contribution in [-0.2, 0) is 254 Å². The summed E-state index contributed by atoms with van der Waals surface area (Å²) >= 11 is 0. The fourth-order valence-corrected chi connectivity index (χ4v) is 8.34. The van der Waals surface area contributed by atoms with Gasteiger partial charge in [-0.3, -0.25) is 33.6 Å². The molecule has 2 N–H and O–H groups in total. The Balaban J connectivity index is 0. The molecule has 4 fully saturated rings. The average Bonchev–Trinajstić information content (AvgIpc) is 4.10. The predicted molar refractivity (Wildman–Crippen MR) is 236 cm³/mol. The molecule has 0 aromatic heterocycles. The van der Waals surface area contributed by atoms with E-state index in [9.17, 15) is 38.4 Å². The van der Waals surface area contributed by atoms with E-state index < -0.39 is 77.1 Å². The van der Waals surface area contributed by atoms with Gasteiger partial charge in [0.15, 0.2) is 0 Å². The van der Waals surface area contributed by atoms with E-state index in [2.05, 4.69) is 46.3 Å². The van der Waals surface area contributed by atoms with Gasteiger partial charge in [-0.1, -0.05) is 75.2 Å². The summed E-state index contributed by atoms with van der Waals surface area (Å²) in [5.41, 5.74) is 5.34. The Morgan fingerprint density at radius 1 is 0.716 bits per heavy atom. The molecular weight excluding hydrogens is 1410 g/mol. The Labute approximate surface area is 581 Å².